The van der Waals surface area contributed by atoms with Gasteiger partial charge in [0.1, 0.15) is 17.2 Å². The van der Waals surface area contributed by atoms with E-state index in [2.05, 4.69) is 24.0 Å². The Morgan fingerprint density at radius 2 is 1.62 bits per heavy atom. The minimum Gasteiger partial charge on any atom is -0.304 e. The molecule has 6 nitrogen and oxygen atoms in total. The smallest absolute Gasteiger partial charge is 0.265 e. The summed E-state index contributed by atoms with van der Waals surface area (Å²) in [5.74, 6) is 0. The van der Waals surface area contributed by atoms with Crippen LogP contribution in [0.3, 0.4) is 0 Å². The van der Waals surface area contributed by atoms with Gasteiger partial charge < -0.3 is 4.57 Å². The summed E-state index contributed by atoms with van der Waals surface area (Å²) in [5, 5.41) is 0.539. The van der Waals surface area contributed by atoms with E-state index >= 15 is 0 Å². The van der Waals surface area contributed by atoms with Gasteiger partial charge in [0.15, 0.2) is 11.3 Å². The summed E-state index contributed by atoms with van der Waals surface area (Å²) in [6, 6.07) is 17.9. The molecule has 0 bridgehead atoms. The van der Waals surface area contributed by atoms with E-state index in [1.807, 2.05) is 54.0 Å². The summed E-state index contributed by atoms with van der Waals surface area (Å²) >= 11 is 0. The molecule has 0 aliphatic heterocycles. The van der Waals surface area contributed by atoms with E-state index in [1.165, 1.54) is 0 Å². The van der Waals surface area contributed by atoms with Crippen molar-refractivity contribution < 1.29 is 0 Å². The molecule has 0 radical (unpaired) electrons. The Bertz CT molecular complexity index is 1400. The second-order valence-corrected chi connectivity index (χ2v) is 7.37. The maximum Gasteiger partial charge on any atom is 0.265 e. The van der Waals surface area contributed by atoms with E-state index in [9.17, 15) is 4.79 Å². The average molecular weight is 383 g/mol. The monoisotopic (exact) mass is 383 g/mol. The number of rotatable bonds is 4. The van der Waals surface area contributed by atoms with Gasteiger partial charge in [0.25, 0.3) is 5.56 Å². The summed E-state index contributed by atoms with van der Waals surface area (Å²) < 4.78 is 3.70. The maximum absolute atomic E-state index is 13.4. The third-order valence-electron chi connectivity index (χ3n) is 5.53. The molecule has 6 heteroatoms. The van der Waals surface area contributed by atoms with Gasteiger partial charge in [-0.15, -0.1) is 0 Å². The van der Waals surface area contributed by atoms with Crippen molar-refractivity contribution in [1.29, 1.82) is 0 Å². The molecule has 5 aromatic rings. The summed E-state index contributed by atoms with van der Waals surface area (Å²) in [7, 11) is 0. The minimum absolute atomic E-state index is 0.0641. The van der Waals surface area contributed by atoms with Crippen molar-refractivity contribution in [2.75, 3.05) is 0 Å². The molecule has 0 spiro atoms. The van der Waals surface area contributed by atoms with Crippen LogP contribution in [0.4, 0.5) is 0 Å². The van der Waals surface area contributed by atoms with Gasteiger partial charge in [0.2, 0.25) is 0 Å². The second kappa shape index (κ2) is 6.81. The molecular formula is C23H21N5O. The van der Waals surface area contributed by atoms with E-state index in [0.717, 1.165) is 23.0 Å². The number of para-hydroxylation sites is 2. The van der Waals surface area contributed by atoms with Crippen LogP contribution in [0.5, 0.6) is 0 Å². The molecule has 144 valence electrons. The first-order chi connectivity index (χ1) is 14.2. The van der Waals surface area contributed by atoms with Crippen LogP contribution in [-0.4, -0.2) is 24.1 Å². The normalized spacial score (nSPS) is 12.8. The molecule has 0 aliphatic rings. The number of hydrogen-bond donors (Lipinski definition) is 0. The fourth-order valence-electron chi connectivity index (χ4n) is 3.74. The summed E-state index contributed by atoms with van der Waals surface area (Å²) in [5.41, 5.74) is 4.57. The maximum atomic E-state index is 13.4. The third kappa shape index (κ3) is 2.79. The topological polar surface area (TPSA) is 65.6 Å². The Labute approximate surface area is 167 Å². The Morgan fingerprint density at radius 3 is 2.34 bits per heavy atom. The van der Waals surface area contributed by atoms with Crippen molar-refractivity contribution in [3.8, 4) is 0 Å². The Balaban J connectivity index is 1.89. The van der Waals surface area contributed by atoms with Crippen molar-refractivity contribution in [2.45, 2.75) is 32.9 Å². The van der Waals surface area contributed by atoms with Crippen LogP contribution in [-0.2, 0) is 6.54 Å². The summed E-state index contributed by atoms with van der Waals surface area (Å²) in [6.07, 6.45) is 2.50. The van der Waals surface area contributed by atoms with Crippen LogP contribution in [0, 0.1) is 0 Å². The Kier molecular flexibility index (Phi) is 4.12. The number of benzene rings is 2. The van der Waals surface area contributed by atoms with Crippen LogP contribution < -0.4 is 5.56 Å². The van der Waals surface area contributed by atoms with Gasteiger partial charge in [-0.2, -0.15) is 0 Å². The minimum atomic E-state index is -0.0641. The molecule has 0 saturated heterocycles. The van der Waals surface area contributed by atoms with Crippen molar-refractivity contribution in [3.63, 3.8) is 0 Å². The predicted molar refractivity (Wildman–Crippen MR) is 115 cm³/mol. The van der Waals surface area contributed by atoms with Gasteiger partial charge >= 0.3 is 0 Å². The second-order valence-electron chi connectivity index (χ2n) is 7.37. The van der Waals surface area contributed by atoms with Gasteiger partial charge in [-0.25, -0.2) is 15.0 Å². The van der Waals surface area contributed by atoms with E-state index in [0.29, 0.717) is 28.7 Å². The van der Waals surface area contributed by atoms with Crippen LogP contribution >= 0.6 is 0 Å². The molecule has 0 saturated carbocycles. The molecular weight excluding hydrogens is 362 g/mol. The highest BCUT2D eigenvalue weighted by molar-refractivity contribution is 6.04. The van der Waals surface area contributed by atoms with E-state index in [1.54, 1.807) is 10.9 Å². The molecule has 3 heterocycles. The van der Waals surface area contributed by atoms with Gasteiger partial charge in [0, 0.05) is 6.04 Å². The molecule has 3 aromatic heterocycles. The zero-order valence-electron chi connectivity index (χ0n) is 16.4. The highest BCUT2D eigenvalue weighted by Gasteiger charge is 2.20. The number of nitrogens with zero attached hydrogens (tertiary/aromatic N) is 5. The van der Waals surface area contributed by atoms with Gasteiger partial charge in [-0.05, 0) is 31.0 Å². The zero-order valence-corrected chi connectivity index (χ0v) is 16.4. The van der Waals surface area contributed by atoms with Crippen molar-refractivity contribution >= 4 is 33.2 Å². The molecule has 0 amide bonds. The van der Waals surface area contributed by atoms with E-state index < -0.39 is 0 Å². The lowest BCUT2D eigenvalue weighted by atomic mass is 10.2. The summed E-state index contributed by atoms with van der Waals surface area (Å²) in [6.45, 7) is 4.67. The first-order valence-corrected chi connectivity index (χ1v) is 9.87. The van der Waals surface area contributed by atoms with E-state index in [4.69, 9.17) is 9.97 Å². The predicted octanol–water partition coefficient (Wildman–Crippen LogP) is 4.31. The lowest BCUT2D eigenvalue weighted by Crippen LogP contribution is -2.23. The van der Waals surface area contributed by atoms with Gasteiger partial charge in [-0.1, -0.05) is 49.4 Å². The third-order valence-corrected chi connectivity index (χ3v) is 5.53. The molecule has 1 unspecified atom stereocenters. The van der Waals surface area contributed by atoms with Crippen LogP contribution in [0.25, 0.3) is 33.2 Å². The number of fused-ring (bicyclic) bond motifs is 4. The Hall–Kier alpha value is -3.54. The van der Waals surface area contributed by atoms with E-state index in [-0.39, 0.29) is 11.6 Å². The largest absolute Gasteiger partial charge is 0.304 e. The molecule has 29 heavy (non-hydrogen) atoms. The quantitative estimate of drug-likeness (QED) is 0.464. The van der Waals surface area contributed by atoms with Crippen LogP contribution in [0.1, 0.15) is 31.9 Å². The first-order valence-electron chi connectivity index (χ1n) is 9.87. The molecule has 1 atom stereocenters. The van der Waals surface area contributed by atoms with Crippen LogP contribution in [0.15, 0.2) is 65.7 Å². The molecule has 5 rings (SSSR count). The fourth-order valence-corrected chi connectivity index (χ4v) is 3.74. The zero-order chi connectivity index (χ0) is 20.0. The van der Waals surface area contributed by atoms with Gasteiger partial charge in [-0.3, -0.25) is 9.36 Å². The lowest BCUT2D eigenvalue weighted by Gasteiger charge is -2.12. The molecule has 2 aromatic carbocycles. The summed E-state index contributed by atoms with van der Waals surface area (Å²) in [4.78, 5) is 27.7. The van der Waals surface area contributed by atoms with Crippen molar-refractivity contribution in [2.24, 2.45) is 0 Å². The molecule has 0 N–H and O–H groups in total. The average Bonchev–Trinajstić information content (AvgIpc) is 3.06. The Morgan fingerprint density at radius 1 is 0.931 bits per heavy atom. The van der Waals surface area contributed by atoms with Crippen LogP contribution in [0.2, 0.25) is 0 Å². The van der Waals surface area contributed by atoms with Crippen molar-refractivity contribution in [1.82, 2.24) is 24.1 Å². The SMILES string of the molecule is CCC(C)n1cnc2c(c1=O)c1nc3ccccc3nc1n2Cc1ccccc1. The molecule has 0 fully saturated rings. The first kappa shape index (κ1) is 17.6. The highest BCUT2D eigenvalue weighted by atomic mass is 16.1. The number of aromatic nitrogens is 5. The fraction of sp³-hybridized carbons (Fsp3) is 0.217. The molecule has 0 aliphatic carbocycles. The van der Waals surface area contributed by atoms with Crippen molar-refractivity contribution in [3.05, 3.63) is 76.8 Å². The number of hydrogen-bond acceptors (Lipinski definition) is 4. The standard InChI is InChI=1S/C23H21N5O/c1-3-15(2)28-14-24-21-19(23(28)29)20-22(26-18-12-8-7-11-17(18)25-20)27(21)13-16-9-5-4-6-10-16/h4-12,14-15H,3,13H2,1-2H3. The lowest BCUT2D eigenvalue weighted by molar-refractivity contribution is 0.510. The van der Waals surface area contributed by atoms with Gasteiger partial charge in [0.05, 0.1) is 17.6 Å². The highest BCUT2D eigenvalue weighted by Crippen LogP contribution is 2.26.